The highest BCUT2D eigenvalue weighted by Gasteiger charge is 2.15. The van der Waals surface area contributed by atoms with Crippen LogP contribution in [-0.4, -0.2) is 27.8 Å². The van der Waals surface area contributed by atoms with Crippen molar-refractivity contribution in [2.75, 3.05) is 7.11 Å². The second-order valence-corrected chi connectivity index (χ2v) is 4.44. The van der Waals surface area contributed by atoms with Crippen molar-refractivity contribution < 1.29 is 9.53 Å². The van der Waals surface area contributed by atoms with E-state index < -0.39 is 0 Å². The minimum absolute atomic E-state index is 0.219. The molecule has 1 N–H and O–H groups in total. The lowest BCUT2D eigenvalue weighted by Gasteiger charge is -2.07. The molecule has 1 amide bonds. The Balaban J connectivity index is 2.06. The van der Waals surface area contributed by atoms with Crippen molar-refractivity contribution in [2.24, 2.45) is 0 Å². The fourth-order valence-electron chi connectivity index (χ4n) is 1.71. The molecule has 0 fully saturated rings. The van der Waals surface area contributed by atoms with Crippen LogP contribution in [0.1, 0.15) is 23.0 Å². The minimum Gasteiger partial charge on any atom is -0.481 e. The van der Waals surface area contributed by atoms with Crippen molar-refractivity contribution >= 4 is 17.5 Å². The van der Waals surface area contributed by atoms with Gasteiger partial charge in [-0.25, -0.2) is 4.98 Å². The third kappa shape index (κ3) is 3.08. The van der Waals surface area contributed by atoms with E-state index in [1.54, 1.807) is 23.1 Å². The molecule has 2 aromatic heterocycles. The Kier molecular flexibility index (Phi) is 4.57. The zero-order valence-electron chi connectivity index (χ0n) is 11.3. The molecular weight excluding hydrogens is 280 g/mol. The first kappa shape index (κ1) is 14.3. The zero-order chi connectivity index (χ0) is 14.5. The summed E-state index contributed by atoms with van der Waals surface area (Å²) in [4.78, 5) is 16.1. The number of rotatable bonds is 5. The van der Waals surface area contributed by atoms with Gasteiger partial charge in [0.25, 0.3) is 5.91 Å². The van der Waals surface area contributed by atoms with Crippen LogP contribution in [0, 0.1) is 0 Å². The van der Waals surface area contributed by atoms with Gasteiger partial charge in [0.15, 0.2) is 5.69 Å². The summed E-state index contributed by atoms with van der Waals surface area (Å²) in [5.74, 6) is 0.158. The average molecular weight is 295 g/mol. The van der Waals surface area contributed by atoms with E-state index >= 15 is 0 Å². The second-order valence-electron chi connectivity index (χ2n) is 4.04. The van der Waals surface area contributed by atoms with Crippen molar-refractivity contribution in [3.63, 3.8) is 0 Å². The molecule has 0 bridgehead atoms. The van der Waals surface area contributed by atoms with Crippen molar-refractivity contribution in [2.45, 2.75) is 20.0 Å². The van der Waals surface area contributed by atoms with E-state index in [1.807, 2.05) is 13.0 Å². The number of nitrogens with one attached hydrogen (secondary N) is 1. The summed E-state index contributed by atoms with van der Waals surface area (Å²) < 4.78 is 6.73. The first-order valence-electron chi connectivity index (χ1n) is 6.14. The standard InChI is InChI=1S/C13H15ClN4O2/c1-3-18-8-10(14)11(17-18)12(19)16-7-9-5-4-6-15-13(9)20-2/h4-6,8H,3,7H2,1-2H3,(H,16,19). The van der Waals surface area contributed by atoms with E-state index in [1.165, 1.54) is 7.11 Å². The van der Waals surface area contributed by atoms with Crippen LogP contribution in [0.25, 0.3) is 0 Å². The van der Waals surface area contributed by atoms with Gasteiger partial charge >= 0.3 is 0 Å². The number of nitrogens with zero attached hydrogens (tertiary/aromatic N) is 3. The first-order chi connectivity index (χ1) is 9.65. The number of aromatic nitrogens is 3. The third-order valence-electron chi connectivity index (χ3n) is 2.74. The lowest BCUT2D eigenvalue weighted by atomic mass is 10.2. The molecule has 0 saturated carbocycles. The fourth-order valence-corrected chi connectivity index (χ4v) is 1.95. The van der Waals surface area contributed by atoms with Crippen molar-refractivity contribution in [1.29, 1.82) is 0 Å². The Labute approximate surface area is 121 Å². The summed E-state index contributed by atoms with van der Waals surface area (Å²) in [5.41, 5.74) is 1.01. The number of halogens is 1. The molecule has 20 heavy (non-hydrogen) atoms. The van der Waals surface area contributed by atoms with Crippen LogP contribution in [0.15, 0.2) is 24.5 Å². The van der Waals surface area contributed by atoms with E-state index in [-0.39, 0.29) is 11.6 Å². The van der Waals surface area contributed by atoms with Crippen LogP contribution in [0.5, 0.6) is 5.88 Å². The van der Waals surface area contributed by atoms with E-state index in [9.17, 15) is 4.79 Å². The molecule has 106 valence electrons. The molecule has 0 unspecified atom stereocenters. The molecule has 0 spiro atoms. The number of aryl methyl sites for hydroxylation is 1. The monoisotopic (exact) mass is 294 g/mol. The largest absolute Gasteiger partial charge is 0.481 e. The van der Waals surface area contributed by atoms with Gasteiger partial charge in [-0.05, 0) is 13.0 Å². The molecule has 0 aliphatic carbocycles. The molecule has 2 heterocycles. The Hall–Kier alpha value is -2.08. The number of methoxy groups -OCH3 is 1. The van der Waals surface area contributed by atoms with Gasteiger partial charge in [-0.15, -0.1) is 0 Å². The van der Waals surface area contributed by atoms with Gasteiger partial charge in [0.1, 0.15) is 0 Å². The highest BCUT2D eigenvalue weighted by Crippen LogP contribution is 2.15. The maximum Gasteiger partial charge on any atom is 0.273 e. The van der Waals surface area contributed by atoms with Crippen molar-refractivity contribution in [1.82, 2.24) is 20.1 Å². The molecule has 0 saturated heterocycles. The van der Waals surface area contributed by atoms with Gasteiger partial charge in [-0.1, -0.05) is 17.7 Å². The maximum atomic E-state index is 12.0. The van der Waals surface area contributed by atoms with E-state index in [4.69, 9.17) is 16.3 Å². The first-order valence-corrected chi connectivity index (χ1v) is 6.52. The summed E-state index contributed by atoms with van der Waals surface area (Å²) >= 11 is 5.98. The normalized spacial score (nSPS) is 10.3. The molecule has 0 aromatic carbocycles. The molecule has 2 rings (SSSR count). The number of amides is 1. The zero-order valence-corrected chi connectivity index (χ0v) is 12.0. The highest BCUT2D eigenvalue weighted by atomic mass is 35.5. The Morgan fingerprint density at radius 3 is 3.00 bits per heavy atom. The molecule has 0 aliphatic rings. The van der Waals surface area contributed by atoms with Gasteiger partial charge in [0, 0.05) is 31.0 Å². The van der Waals surface area contributed by atoms with E-state index in [2.05, 4.69) is 15.4 Å². The van der Waals surface area contributed by atoms with Gasteiger partial charge in [-0.2, -0.15) is 5.10 Å². The Morgan fingerprint density at radius 2 is 2.35 bits per heavy atom. The lowest BCUT2D eigenvalue weighted by Crippen LogP contribution is -2.24. The molecular formula is C13H15ClN4O2. The number of ether oxygens (including phenoxy) is 1. The van der Waals surface area contributed by atoms with Gasteiger partial charge in [-0.3, -0.25) is 9.48 Å². The molecule has 6 nitrogen and oxygen atoms in total. The SMILES string of the molecule is CCn1cc(Cl)c(C(=O)NCc2cccnc2OC)n1. The van der Waals surface area contributed by atoms with Crippen LogP contribution in [-0.2, 0) is 13.1 Å². The van der Waals surface area contributed by atoms with Crippen LogP contribution >= 0.6 is 11.6 Å². The quantitative estimate of drug-likeness (QED) is 0.914. The molecule has 0 atom stereocenters. The molecule has 2 aromatic rings. The maximum absolute atomic E-state index is 12.0. The Bertz CT molecular complexity index is 612. The summed E-state index contributed by atoms with van der Waals surface area (Å²) in [6, 6.07) is 3.61. The molecule has 0 radical (unpaired) electrons. The highest BCUT2D eigenvalue weighted by molar-refractivity contribution is 6.33. The van der Waals surface area contributed by atoms with E-state index in [0.29, 0.717) is 24.0 Å². The Morgan fingerprint density at radius 1 is 1.55 bits per heavy atom. The van der Waals surface area contributed by atoms with Gasteiger partial charge in [0.05, 0.1) is 12.1 Å². The predicted octanol–water partition coefficient (Wildman–Crippen LogP) is 1.89. The second kappa shape index (κ2) is 6.38. The molecule has 7 heteroatoms. The number of carbonyl (C=O) groups is 1. The fraction of sp³-hybridized carbons (Fsp3) is 0.308. The van der Waals surface area contributed by atoms with E-state index in [0.717, 1.165) is 5.56 Å². The van der Waals surface area contributed by atoms with Crippen LogP contribution in [0.3, 0.4) is 0 Å². The van der Waals surface area contributed by atoms with Crippen molar-refractivity contribution in [3.8, 4) is 5.88 Å². The minimum atomic E-state index is -0.326. The summed E-state index contributed by atoms with van der Waals surface area (Å²) in [7, 11) is 1.54. The average Bonchev–Trinajstić information content (AvgIpc) is 2.86. The van der Waals surface area contributed by atoms with Crippen LogP contribution in [0.4, 0.5) is 0 Å². The number of hydrogen-bond acceptors (Lipinski definition) is 4. The van der Waals surface area contributed by atoms with Crippen LogP contribution < -0.4 is 10.1 Å². The third-order valence-corrected chi connectivity index (χ3v) is 3.02. The van der Waals surface area contributed by atoms with Gasteiger partial charge in [0.2, 0.25) is 5.88 Å². The van der Waals surface area contributed by atoms with Crippen molar-refractivity contribution in [3.05, 3.63) is 40.8 Å². The number of pyridine rings is 1. The van der Waals surface area contributed by atoms with Crippen LogP contribution in [0.2, 0.25) is 5.02 Å². The van der Waals surface area contributed by atoms with Gasteiger partial charge < -0.3 is 10.1 Å². The smallest absolute Gasteiger partial charge is 0.273 e. The predicted molar refractivity (Wildman–Crippen MR) is 74.9 cm³/mol. The lowest BCUT2D eigenvalue weighted by molar-refractivity contribution is 0.0945. The summed E-state index contributed by atoms with van der Waals surface area (Å²) in [5, 5.41) is 7.19. The summed E-state index contributed by atoms with van der Waals surface area (Å²) in [6.45, 7) is 2.88. The topological polar surface area (TPSA) is 69.0 Å². The number of carbonyl (C=O) groups excluding carboxylic acids is 1. The molecule has 0 aliphatic heterocycles. The summed E-state index contributed by atoms with van der Waals surface area (Å²) in [6.07, 6.45) is 3.26. The number of hydrogen-bond donors (Lipinski definition) is 1.